The van der Waals surface area contributed by atoms with Gasteiger partial charge >= 0.3 is 0 Å². The van der Waals surface area contributed by atoms with Crippen LogP contribution < -0.4 is 5.32 Å². The maximum Gasteiger partial charge on any atom is 0.259 e. The quantitative estimate of drug-likeness (QED) is 0.549. The van der Waals surface area contributed by atoms with E-state index in [1.165, 1.54) is 29.1 Å². The minimum atomic E-state index is -0.119. The summed E-state index contributed by atoms with van der Waals surface area (Å²) in [5.74, 6) is -0.119. The fourth-order valence-corrected chi connectivity index (χ4v) is 4.40. The molecule has 3 aromatic rings. The van der Waals surface area contributed by atoms with Gasteiger partial charge in [0.2, 0.25) is 5.13 Å². The molecule has 0 bridgehead atoms. The van der Waals surface area contributed by atoms with Gasteiger partial charge in [-0.3, -0.25) is 10.1 Å². The van der Waals surface area contributed by atoms with Gasteiger partial charge < -0.3 is 4.57 Å². The molecule has 0 aliphatic heterocycles. The number of thiophene rings is 1. The summed E-state index contributed by atoms with van der Waals surface area (Å²) in [6.45, 7) is 7.00. The van der Waals surface area contributed by atoms with Gasteiger partial charge in [-0.1, -0.05) is 37.2 Å². The molecule has 5 nitrogen and oxygen atoms in total. The van der Waals surface area contributed by atoms with E-state index in [1.807, 2.05) is 19.9 Å². The normalized spacial score (nSPS) is 11.0. The second-order valence-corrected chi connectivity index (χ2v) is 8.46. The van der Waals surface area contributed by atoms with Gasteiger partial charge in [-0.05, 0) is 37.8 Å². The third-order valence-electron chi connectivity index (χ3n) is 4.39. The molecule has 26 heavy (non-hydrogen) atoms. The standard InChI is InChI=1S/C19H24N4OS2/c1-4-5-6-9-17-21-22-19(26-17)20-18(24)16-11-13(2)23(14(16)3)12-15-8-7-10-25-15/h7-8,10-11H,4-6,9,12H2,1-3H3,(H,20,22,24). The van der Waals surface area contributed by atoms with Gasteiger partial charge in [0.25, 0.3) is 5.91 Å². The third kappa shape index (κ3) is 4.40. The van der Waals surface area contributed by atoms with E-state index in [9.17, 15) is 4.79 Å². The number of aryl methyl sites for hydroxylation is 2. The van der Waals surface area contributed by atoms with Crippen LogP contribution in [0, 0.1) is 13.8 Å². The smallest absolute Gasteiger partial charge is 0.259 e. The number of hydrogen-bond donors (Lipinski definition) is 1. The Bertz CT molecular complexity index is 864. The lowest BCUT2D eigenvalue weighted by molar-refractivity contribution is 0.102. The fourth-order valence-electron chi connectivity index (χ4n) is 2.93. The van der Waals surface area contributed by atoms with Crippen molar-refractivity contribution in [3.05, 3.63) is 50.4 Å². The Morgan fingerprint density at radius 2 is 2.12 bits per heavy atom. The Hall–Kier alpha value is -1.99. The average molecular weight is 389 g/mol. The van der Waals surface area contributed by atoms with Crippen LogP contribution in [0.15, 0.2) is 23.6 Å². The molecule has 0 aliphatic carbocycles. The maximum absolute atomic E-state index is 12.7. The summed E-state index contributed by atoms with van der Waals surface area (Å²) >= 11 is 3.20. The van der Waals surface area contributed by atoms with Crippen LogP contribution in [0.25, 0.3) is 0 Å². The van der Waals surface area contributed by atoms with E-state index < -0.39 is 0 Å². The molecule has 0 aliphatic rings. The number of hydrogen-bond acceptors (Lipinski definition) is 5. The van der Waals surface area contributed by atoms with Crippen molar-refractivity contribution >= 4 is 33.7 Å². The van der Waals surface area contributed by atoms with E-state index >= 15 is 0 Å². The largest absolute Gasteiger partial charge is 0.343 e. The number of amides is 1. The molecule has 0 radical (unpaired) electrons. The monoisotopic (exact) mass is 388 g/mol. The average Bonchev–Trinajstić information content (AvgIpc) is 3.33. The first-order chi connectivity index (χ1) is 12.6. The van der Waals surface area contributed by atoms with Crippen molar-refractivity contribution in [1.82, 2.24) is 14.8 Å². The summed E-state index contributed by atoms with van der Waals surface area (Å²) in [6, 6.07) is 6.11. The van der Waals surface area contributed by atoms with E-state index in [2.05, 4.69) is 44.5 Å². The minimum absolute atomic E-state index is 0.119. The number of anilines is 1. The lowest BCUT2D eigenvalue weighted by Crippen LogP contribution is -2.13. The van der Waals surface area contributed by atoms with Crippen molar-refractivity contribution in [2.45, 2.75) is 53.0 Å². The van der Waals surface area contributed by atoms with Crippen LogP contribution in [0.5, 0.6) is 0 Å². The van der Waals surface area contributed by atoms with Crippen LogP contribution in [0.4, 0.5) is 5.13 Å². The molecule has 0 unspecified atom stereocenters. The molecule has 0 atom stereocenters. The highest BCUT2D eigenvalue weighted by Gasteiger charge is 2.17. The molecule has 0 saturated heterocycles. The molecular weight excluding hydrogens is 364 g/mol. The van der Waals surface area contributed by atoms with Gasteiger partial charge in [0.15, 0.2) is 0 Å². The van der Waals surface area contributed by atoms with Gasteiger partial charge in [0, 0.05) is 22.7 Å². The third-order valence-corrected chi connectivity index (χ3v) is 6.15. The van der Waals surface area contributed by atoms with Crippen LogP contribution in [0.2, 0.25) is 0 Å². The lowest BCUT2D eigenvalue weighted by Gasteiger charge is -2.08. The first-order valence-corrected chi connectivity index (χ1v) is 10.6. The fraction of sp³-hybridized carbons (Fsp3) is 0.421. The van der Waals surface area contributed by atoms with Crippen LogP contribution >= 0.6 is 22.7 Å². The van der Waals surface area contributed by atoms with Crippen LogP contribution in [-0.4, -0.2) is 20.7 Å². The zero-order valence-corrected chi connectivity index (χ0v) is 17.0. The number of nitrogens with one attached hydrogen (secondary N) is 1. The second-order valence-electron chi connectivity index (χ2n) is 6.36. The Balaban J connectivity index is 1.68. The summed E-state index contributed by atoms with van der Waals surface area (Å²) < 4.78 is 2.18. The molecule has 0 spiro atoms. The first kappa shape index (κ1) is 18.8. The van der Waals surface area contributed by atoms with Gasteiger partial charge in [-0.25, -0.2) is 0 Å². The van der Waals surface area contributed by atoms with Crippen molar-refractivity contribution in [1.29, 1.82) is 0 Å². The topological polar surface area (TPSA) is 59.8 Å². The zero-order valence-electron chi connectivity index (χ0n) is 15.4. The highest BCUT2D eigenvalue weighted by atomic mass is 32.1. The summed E-state index contributed by atoms with van der Waals surface area (Å²) in [7, 11) is 0. The van der Waals surface area contributed by atoms with E-state index in [0.717, 1.165) is 35.8 Å². The molecule has 3 rings (SSSR count). The summed E-state index contributed by atoms with van der Waals surface area (Å²) in [4.78, 5) is 14.0. The number of rotatable bonds is 8. The molecule has 1 amide bonds. The molecule has 0 aromatic carbocycles. The zero-order chi connectivity index (χ0) is 18.5. The number of nitrogens with zero attached hydrogens (tertiary/aromatic N) is 3. The van der Waals surface area contributed by atoms with Crippen molar-refractivity contribution in [3.63, 3.8) is 0 Å². The van der Waals surface area contributed by atoms with E-state index in [4.69, 9.17) is 0 Å². The summed E-state index contributed by atoms with van der Waals surface area (Å²) in [6.07, 6.45) is 4.42. The van der Waals surface area contributed by atoms with Gasteiger partial charge in [-0.15, -0.1) is 21.5 Å². The van der Waals surface area contributed by atoms with Gasteiger partial charge in [0.1, 0.15) is 5.01 Å². The van der Waals surface area contributed by atoms with E-state index in [-0.39, 0.29) is 5.91 Å². The number of carbonyl (C=O) groups excluding carboxylic acids is 1. The molecule has 0 fully saturated rings. The molecule has 138 valence electrons. The van der Waals surface area contributed by atoms with Crippen molar-refractivity contribution in [2.75, 3.05) is 5.32 Å². The Morgan fingerprint density at radius 3 is 2.85 bits per heavy atom. The van der Waals surface area contributed by atoms with Crippen molar-refractivity contribution < 1.29 is 4.79 Å². The highest BCUT2D eigenvalue weighted by Crippen LogP contribution is 2.22. The molecule has 3 aromatic heterocycles. The maximum atomic E-state index is 12.7. The SMILES string of the molecule is CCCCCc1nnc(NC(=O)c2cc(C)n(Cc3cccs3)c2C)s1. The van der Waals surface area contributed by atoms with Crippen molar-refractivity contribution in [2.24, 2.45) is 0 Å². The molecule has 7 heteroatoms. The number of carbonyl (C=O) groups is 1. The molecule has 0 saturated carbocycles. The minimum Gasteiger partial charge on any atom is -0.343 e. The van der Waals surface area contributed by atoms with Crippen molar-refractivity contribution in [3.8, 4) is 0 Å². The van der Waals surface area contributed by atoms with Gasteiger partial charge in [-0.2, -0.15) is 0 Å². The lowest BCUT2D eigenvalue weighted by atomic mass is 10.2. The molecular formula is C19H24N4OS2. The van der Waals surface area contributed by atoms with E-state index in [1.54, 1.807) is 11.3 Å². The first-order valence-electron chi connectivity index (χ1n) is 8.91. The molecule has 3 heterocycles. The Labute approximate surface area is 162 Å². The predicted molar refractivity (Wildman–Crippen MR) is 108 cm³/mol. The summed E-state index contributed by atoms with van der Waals surface area (Å²) in [5, 5.41) is 14.8. The van der Waals surface area contributed by atoms with Crippen LogP contribution in [0.1, 0.15) is 57.8 Å². The second kappa shape index (κ2) is 8.60. The Morgan fingerprint density at radius 1 is 1.27 bits per heavy atom. The number of unbranched alkanes of at least 4 members (excludes halogenated alkanes) is 2. The van der Waals surface area contributed by atoms with E-state index in [0.29, 0.717) is 10.7 Å². The number of aromatic nitrogens is 3. The van der Waals surface area contributed by atoms with Crippen LogP contribution in [0.3, 0.4) is 0 Å². The Kier molecular flexibility index (Phi) is 6.21. The highest BCUT2D eigenvalue weighted by molar-refractivity contribution is 7.15. The predicted octanol–water partition coefficient (Wildman–Crippen LogP) is 5.05. The molecule has 1 N–H and O–H groups in total. The van der Waals surface area contributed by atoms with Gasteiger partial charge in [0.05, 0.1) is 12.1 Å². The van der Waals surface area contributed by atoms with Crippen LogP contribution in [-0.2, 0) is 13.0 Å². The summed E-state index contributed by atoms with van der Waals surface area (Å²) in [5.41, 5.74) is 2.75.